The summed E-state index contributed by atoms with van der Waals surface area (Å²) in [6.45, 7) is 2.23. The Morgan fingerprint density at radius 3 is 3.11 bits per heavy atom. The fourth-order valence-corrected chi connectivity index (χ4v) is 5.52. The van der Waals surface area contributed by atoms with Gasteiger partial charge in [-0.3, -0.25) is 4.79 Å². The maximum atomic E-state index is 12.5. The fourth-order valence-electron chi connectivity index (χ4n) is 3.35. The minimum atomic E-state index is -0.120. The van der Waals surface area contributed by atoms with Gasteiger partial charge in [0.1, 0.15) is 22.4 Å². The first kappa shape index (κ1) is 18.0. The van der Waals surface area contributed by atoms with Crippen LogP contribution in [0.4, 0.5) is 5.00 Å². The minimum absolute atomic E-state index is 0.120. The molecule has 0 aliphatic heterocycles. The lowest BCUT2D eigenvalue weighted by atomic mass is 9.89. The van der Waals surface area contributed by atoms with Gasteiger partial charge in [0.15, 0.2) is 0 Å². The zero-order valence-corrected chi connectivity index (χ0v) is 16.5. The summed E-state index contributed by atoms with van der Waals surface area (Å²) in [4.78, 5) is 22.3. The van der Waals surface area contributed by atoms with Crippen LogP contribution in [0, 0.1) is 17.2 Å². The van der Waals surface area contributed by atoms with Crippen LogP contribution in [-0.2, 0) is 17.6 Å². The topological polar surface area (TPSA) is 78.7 Å². The maximum absolute atomic E-state index is 12.5. The molecule has 2 heterocycles. The van der Waals surface area contributed by atoms with Crippen LogP contribution in [0.2, 0.25) is 0 Å². The van der Waals surface area contributed by atoms with Crippen molar-refractivity contribution in [2.45, 2.75) is 31.2 Å². The van der Waals surface area contributed by atoms with Gasteiger partial charge >= 0.3 is 0 Å². The third kappa shape index (κ3) is 3.68. The predicted octanol–water partition coefficient (Wildman–Crippen LogP) is 4.42. The fraction of sp³-hybridized carbons (Fsp3) is 0.300. The first-order chi connectivity index (χ1) is 13.2. The molecule has 1 N–H and O–H groups in total. The highest BCUT2D eigenvalue weighted by molar-refractivity contribution is 8.00. The van der Waals surface area contributed by atoms with E-state index in [1.54, 1.807) is 11.3 Å². The van der Waals surface area contributed by atoms with Gasteiger partial charge in [-0.15, -0.1) is 11.3 Å². The van der Waals surface area contributed by atoms with Gasteiger partial charge in [-0.1, -0.05) is 36.9 Å². The molecule has 5 nitrogen and oxygen atoms in total. The molecule has 1 aliphatic carbocycles. The number of amides is 1. The van der Waals surface area contributed by atoms with Crippen molar-refractivity contribution < 1.29 is 4.79 Å². The summed E-state index contributed by atoms with van der Waals surface area (Å²) in [5.41, 5.74) is 2.64. The van der Waals surface area contributed by atoms with Gasteiger partial charge < -0.3 is 5.32 Å². The second-order valence-corrected chi connectivity index (χ2v) is 8.77. The van der Waals surface area contributed by atoms with Crippen molar-refractivity contribution >= 4 is 44.9 Å². The number of nitrogens with one attached hydrogen (secondary N) is 1. The van der Waals surface area contributed by atoms with Gasteiger partial charge in [0.2, 0.25) is 5.91 Å². The number of para-hydroxylation sites is 1. The van der Waals surface area contributed by atoms with E-state index in [-0.39, 0.29) is 11.7 Å². The Kier molecular flexibility index (Phi) is 5.10. The zero-order chi connectivity index (χ0) is 18.8. The molecule has 1 aliphatic rings. The second-order valence-electron chi connectivity index (χ2n) is 6.70. The largest absolute Gasteiger partial charge is 0.316 e. The summed E-state index contributed by atoms with van der Waals surface area (Å²) >= 11 is 2.94. The van der Waals surface area contributed by atoms with Gasteiger partial charge in [-0.05, 0) is 36.8 Å². The molecule has 0 saturated heterocycles. The number of anilines is 1. The van der Waals surface area contributed by atoms with Crippen LogP contribution >= 0.6 is 23.1 Å². The quantitative estimate of drug-likeness (QED) is 0.523. The van der Waals surface area contributed by atoms with E-state index in [2.05, 4.69) is 28.3 Å². The number of thioether (sulfide) groups is 1. The number of rotatable bonds is 4. The number of hydrogen-bond donors (Lipinski definition) is 1. The molecule has 3 aromatic rings. The lowest BCUT2D eigenvalue weighted by molar-refractivity contribution is -0.113. The Labute approximate surface area is 165 Å². The number of fused-ring (bicyclic) bond motifs is 2. The molecule has 0 spiro atoms. The van der Waals surface area contributed by atoms with E-state index < -0.39 is 0 Å². The molecule has 0 saturated carbocycles. The van der Waals surface area contributed by atoms with Gasteiger partial charge in [0.25, 0.3) is 0 Å². The predicted molar refractivity (Wildman–Crippen MR) is 109 cm³/mol. The Hall–Kier alpha value is -2.43. The molecule has 1 aromatic carbocycles. The van der Waals surface area contributed by atoms with E-state index in [9.17, 15) is 10.1 Å². The smallest absolute Gasteiger partial charge is 0.235 e. The van der Waals surface area contributed by atoms with Crippen LogP contribution in [0.5, 0.6) is 0 Å². The lowest BCUT2D eigenvalue weighted by Gasteiger charge is -2.17. The SMILES string of the molecule is CC1CCc2c(sc(NC(=O)CSc3ncnc4ccccc34)c2C#N)C1. The number of carbonyl (C=O) groups excluding carboxylic acids is 1. The van der Waals surface area contributed by atoms with Crippen LogP contribution < -0.4 is 5.32 Å². The van der Waals surface area contributed by atoms with Gasteiger partial charge in [0.05, 0.1) is 16.8 Å². The molecule has 1 atom stereocenters. The van der Waals surface area contributed by atoms with Crippen LogP contribution in [0.3, 0.4) is 0 Å². The van der Waals surface area contributed by atoms with Crippen molar-refractivity contribution in [3.8, 4) is 6.07 Å². The van der Waals surface area contributed by atoms with E-state index in [0.29, 0.717) is 16.5 Å². The molecule has 4 rings (SSSR count). The summed E-state index contributed by atoms with van der Waals surface area (Å²) in [5.74, 6) is 0.754. The third-order valence-corrected chi connectivity index (χ3v) is 6.90. The molecular weight excluding hydrogens is 376 g/mol. The van der Waals surface area contributed by atoms with Crippen molar-refractivity contribution in [1.82, 2.24) is 9.97 Å². The number of benzene rings is 1. The average molecular weight is 395 g/mol. The van der Waals surface area contributed by atoms with Gasteiger partial charge in [-0.2, -0.15) is 5.26 Å². The number of carbonyl (C=O) groups is 1. The highest BCUT2D eigenvalue weighted by Gasteiger charge is 2.24. The standard InChI is InChI=1S/C20H18N4OS2/c1-12-6-7-13-15(9-21)20(27-17(13)8-12)24-18(25)10-26-19-14-4-2-3-5-16(14)22-11-23-19/h2-5,11-12H,6-8,10H2,1H3,(H,24,25). The summed E-state index contributed by atoms with van der Waals surface area (Å²) in [6, 6.07) is 10.0. The highest BCUT2D eigenvalue weighted by Crippen LogP contribution is 2.39. The number of nitrogens with zero attached hydrogens (tertiary/aromatic N) is 3. The first-order valence-electron chi connectivity index (χ1n) is 8.82. The van der Waals surface area contributed by atoms with E-state index in [1.807, 2.05) is 24.3 Å². The van der Waals surface area contributed by atoms with Gasteiger partial charge in [-0.25, -0.2) is 9.97 Å². The zero-order valence-electron chi connectivity index (χ0n) is 14.9. The molecule has 1 unspecified atom stereocenters. The molecule has 27 heavy (non-hydrogen) atoms. The molecule has 136 valence electrons. The van der Waals surface area contributed by atoms with E-state index in [1.165, 1.54) is 23.0 Å². The molecule has 2 aromatic heterocycles. The Balaban J connectivity index is 1.48. The van der Waals surface area contributed by atoms with E-state index in [4.69, 9.17) is 0 Å². The molecule has 0 fully saturated rings. The number of aromatic nitrogens is 2. The van der Waals surface area contributed by atoms with Crippen molar-refractivity contribution in [2.24, 2.45) is 5.92 Å². The summed E-state index contributed by atoms with van der Waals surface area (Å²) in [7, 11) is 0. The summed E-state index contributed by atoms with van der Waals surface area (Å²) in [5, 5.41) is 14.9. The highest BCUT2D eigenvalue weighted by atomic mass is 32.2. The average Bonchev–Trinajstić information content (AvgIpc) is 3.02. The van der Waals surface area contributed by atoms with Crippen LogP contribution in [0.15, 0.2) is 35.6 Å². The Morgan fingerprint density at radius 1 is 1.41 bits per heavy atom. The Bertz CT molecular complexity index is 1050. The van der Waals surface area contributed by atoms with Crippen LogP contribution in [0.25, 0.3) is 10.9 Å². The van der Waals surface area contributed by atoms with Crippen LogP contribution in [-0.4, -0.2) is 21.6 Å². The number of hydrogen-bond acceptors (Lipinski definition) is 6. The summed E-state index contributed by atoms with van der Waals surface area (Å²) < 4.78 is 0. The van der Waals surface area contributed by atoms with E-state index >= 15 is 0 Å². The minimum Gasteiger partial charge on any atom is -0.316 e. The molecule has 0 bridgehead atoms. The summed E-state index contributed by atoms with van der Waals surface area (Å²) in [6.07, 6.45) is 4.53. The lowest BCUT2D eigenvalue weighted by Crippen LogP contribution is -2.14. The number of thiophene rings is 1. The van der Waals surface area contributed by atoms with Crippen molar-refractivity contribution in [3.05, 3.63) is 46.6 Å². The van der Waals surface area contributed by atoms with Crippen molar-refractivity contribution in [2.75, 3.05) is 11.1 Å². The van der Waals surface area contributed by atoms with Crippen LogP contribution in [0.1, 0.15) is 29.3 Å². The van der Waals surface area contributed by atoms with Crippen molar-refractivity contribution in [3.63, 3.8) is 0 Å². The van der Waals surface area contributed by atoms with Crippen molar-refractivity contribution in [1.29, 1.82) is 5.26 Å². The Morgan fingerprint density at radius 2 is 2.26 bits per heavy atom. The third-order valence-electron chi connectivity index (χ3n) is 4.72. The molecule has 7 heteroatoms. The molecule has 1 amide bonds. The normalized spacial score (nSPS) is 15.9. The first-order valence-corrected chi connectivity index (χ1v) is 10.6. The van der Waals surface area contributed by atoms with E-state index in [0.717, 1.165) is 40.8 Å². The monoisotopic (exact) mass is 394 g/mol. The van der Waals surface area contributed by atoms with Gasteiger partial charge in [0, 0.05) is 10.3 Å². The maximum Gasteiger partial charge on any atom is 0.235 e. The second kappa shape index (κ2) is 7.67. The molecule has 0 radical (unpaired) electrons. The molecular formula is C20H18N4OS2. The number of nitriles is 1.